The van der Waals surface area contributed by atoms with E-state index in [2.05, 4.69) is 52.4 Å². The van der Waals surface area contributed by atoms with E-state index in [1.54, 1.807) is 4.90 Å². The predicted octanol–water partition coefficient (Wildman–Crippen LogP) is 3.97. The number of aryl methyl sites for hydroxylation is 1. The molecular formula is C38H49N9O4. The van der Waals surface area contributed by atoms with Gasteiger partial charge in [0.1, 0.15) is 5.82 Å². The molecule has 0 bridgehead atoms. The molecule has 8 rings (SSSR count). The number of hydrogen-bond acceptors (Lipinski definition) is 11. The summed E-state index contributed by atoms with van der Waals surface area (Å²) in [5.41, 5.74) is 6.76. The third kappa shape index (κ3) is 6.42. The number of fused-ring (bicyclic) bond motifs is 2. The monoisotopic (exact) mass is 695 g/mol. The van der Waals surface area contributed by atoms with Gasteiger partial charge in [-0.2, -0.15) is 20.3 Å². The zero-order valence-electron chi connectivity index (χ0n) is 29.9. The highest BCUT2D eigenvalue weighted by Gasteiger charge is 2.51. The molecule has 0 radical (unpaired) electrons. The number of nitrogens with one attached hydrogen (secondary N) is 1. The minimum Gasteiger partial charge on any atom is -0.463 e. The molecule has 5 aliphatic rings. The maximum Gasteiger partial charge on any atom is 0.318 e. The second-order valence-corrected chi connectivity index (χ2v) is 14.8. The summed E-state index contributed by atoms with van der Waals surface area (Å²) in [6.45, 7) is 14.7. The number of rotatable bonds is 9. The van der Waals surface area contributed by atoms with E-state index in [1.165, 1.54) is 22.9 Å². The summed E-state index contributed by atoms with van der Waals surface area (Å²) >= 11 is 0. The Morgan fingerprint density at radius 3 is 2.80 bits per heavy atom. The van der Waals surface area contributed by atoms with Crippen molar-refractivity contribution in [1.82, 2.24) is 30.0 Å². The number of hydrogen-bond donors (Lipinski definition) is 1. The molecular weight excluding hydrogens is 646 g/mol. The smallest absolute Gasteiger partial charge is 0.318 e. The lowest BCUT2D eigenvalue weighted by molar-refractivity contribution is -0.128. The number of carbonyl (C=O) groups is 1. The minimum atomic E-state index is -0.261. The van der Waals surface area contributed by atoms with Crippen molar-refractivity contribution in [3.8, 4) is 12.1 Å². The fourth-order valence-electron chi connectivity index (χ4n) is 8.48. The van der Waals surface area contributed by atoms with E-state index in [9.17, 15) is 10.1 Å². The van der Waals surface area contributed by atoms with Crippen molar-refractivity contribution in [1.29, 1.82) is 5.26 Å². The van der Waals surface area contributed by atoms with E-state index in [0.29, 0.717) is 45.4 Å². The highest BCUT2D eigenvalue weighted by molar-refractivity contribution is 5.95. The molecule has 1 amide bonds. The number of benzene rings is 1. The van der Waals surface area contributed by atoms with Crippen LogP contribution in [-0.2, 0) is 27.2 Å². The first-order valence-corrected chi connectivity index (χ1v) is 18.6. The topological polar surface area (TPSA) is 134 Å². The Labute approximate surface area is 299 Å². The predicted molar refractivity (Wildman–Crippen MR) is 193 cm³/mol. The standard InChI is InChI=1S/C38H49N9O4/c1-4-33(48)46-16-15-45(22-27(46)8-12-39)36-28-9-14-44(23-30(28)42-37(43-36)51-24-38(10-11-38)32-21-40-13-18-49-32)35-26(3)25(2)19-31-29(35)20-41-47(31)34-7-5-6-17-50-34/h4,19-20,27,32,34,40H,1,5-11,13-18,21-24H2,2-3H3/t27-,32?,34?/m0/s1. The molecule has 1 aliphatic carbocycles. The van der Waals surface area contributed by atoms with Crippen LogP contribution < -0.4 is 19.9 Å². The molecule has 270 valence electrons. The Bertz CT molecular complexity index is 1840. The van der Waals surface area contributed by atoms with Gasteiger partial charge in [-0.05, 0) is 75.6 Å². The SMILES string of the molecule is C=CC(=O)N1CCN(c2nc(OCC3(C4CNCCO4)CC3)nc3c2CCN(c2c(C)c(C)cc4c2cnn4C2CCCCO2)C3)C[C@@H]1CC#N. The van der Waals surface area contributed by atoms with Gasteiger partial charge in [0.25, 0.3) is 0 Å². The molecule has 2 aromatic heterocycles. The molecule has 1 N–H and O–H groups in total. The molecule has 13 nitrogen and oxygen atoms in total. The van der Waals surface area contributed by atoms with Gasteiger partial charge in [-0.3, -0.25) is 4.79 Å². The van der Waals surface area contributed by atoms with Crippen molar-refractivity contribution in [3.05, 3.63) is 47.3 Å². The number of amides is 1. The lowest BCUT2D eigenvalue weighted by Crippen LogP contribution is -2.55. The molecule has 3 saturated heterocycles. The lowest BCUT2D eigenvalue weighted by atomic mass is 9.98. The van der Waals surface area contributed by atoms with E-state index in [1.807, 2.05) is 6.20 Å². The quantitative estimate of drug-likeness (QED) is 0.326. The number of anilines is 2. The number of carbonyl (C=O) groups excluding carboxylic acids is 1. The van der Waals surface area contributed by atoms with Gasteiger partial charge in [0, 0.05) is 62.2 Å². The van der Waals surface area contributed by atoms with Crippen molar-refractivity contribution >= 4 is 28.3 Å². The maximum atomic E-state index is 12.7. The first-order chi connectivity index (χ1) is 24.9. The molecule has 3 aromatic rings. The highest BCUT2D eigenvalue weighted by Crippen LogP contribution is 2.50. The summed E-state index contributed by atoms with van der Waals surface area (Å²) in [5, 5.41) is 19.1. The molecule has 0 spiro atoms. The second-order valence-electron chi connectivity index (χ2n) is 14.8. The first kappa shape index (κ1) is 33.9. The number of aromatic nitrogens is 4. The van der Waals surface area contributed by atoms with E-state index in [4.69, 9.17) is 29.3 Å². The van der Waals surface area contributed by atoms with Crippen LogP contribution in [0.25, 0.3) is 10.9 Å². The van der Waals surface area contributed by atoms with Crippen LogP contribution in [0.5, 0.6) is 6.01 Å². The van der Waals surface area contributed by atoms with Gasteiger partial charge < -0.3 is 34.2 Å². The molecule has 4 aliphatic heterocycles. The maximum absolute atomic E-state index is 12.7. The van der Waals surface area contributed by atoms with Gasteiger partial charge in [0.05, 0.1) is 67.5 Å². The summed E-state index contributed by atoms with van der Waals surface area (Å²) in [7, 11) is 0. The fraction of sp³-hybridized carbons (Fsp3) is 0.605. The molecule has 51 heavy (non-hydrogen) atoms. The first-order valence-electron chi connectivity index (χ1n) is 18.6. The molecule has 6 heterocycles. The molecule has 3 atom stereocenters. The summed E-state index contributed by atoms with van der Waals surface area (Å²) in [4.78, 5) is 29.3. The van der Waals surface area contributed by atoms with E-state index in [-0.39, 0.29) is 36.1 Å². The lowest BCUT2D eigenvalue weighted by Gasteiger charge is -2.42. The Balaban J connectivity index is 1.13. The number of nitriles is 1. The van der Waals surface area contributed by atoms with Crippen LogP contribution in [0.15, 0.2) is 24.9 Å². The van der Waals surface area contributed by atoms with Crippen LogP contribution >= 0.6 is 0 Å². The van der Waals surface area contributed by atoms with E-state index >= 15 is 0 Å². The van der Waals surface area contributed by atoms with Gasteiger partial charge >= 0.3 is 6.01 Å². The largest absolute Gasteiger partial charge is 0.463 e. The third-order valence-electron chi connectivity index (χ3n) is 11.7. The van der Waals surface area contributed by atoms with Crippen molar-refractivity contribution in [3.63, 3.8) is 0 Å². The van der Waals surface area contributed by atoms with Crippen LogP contribution in [0.4, 0.5) is 11.5 Å². The van der Waals surface area contributed by atoms with Crippen LogP contribution in [0.1, 0.15) is 67.1 Å². The highest BCUT2D eigenvalue weighted by atomic mass is 16.5. The molecule has 4 fully saturated rings. The van der Waals surface area contributed by atoms with Gasteiger partial charge in [-0.15, -0.1) is 0 Å². The average molecular weight is 696 g/mol. The Morgan fingerprint density at radius 2 is 2.06 bits per heavy atom. The van der Waals surface area contributed by atoms with Crippen LogP contribution in [0, 0.1) is 30.6 Å². The Morgan fingerprint density at radius 1 is 1.18 bits per heavy atom. The van der Waals surface area contributed by atoms with Crippen molar-refractivity contribution in [2.75, 3.05) is 68.9 Å². The van der Waals surface area contributed by atoms with Crippen LogP contribution in [0.3, 0.4) is 0 Å². The average Bonchev–Trinajstić information content (AvgIpc) is 3.86. The number of piperazine rings is 1. The molecule has 13 heteroatoms. The number of morpholine rings is 1. The number of nitrogens with zero attached hydrogens (tertiary/aromatic N) is 8. The Kier molecular flexibility index (Phi) is 9.33. The molecule has 1 aromatic carbocycles. The van der Waals surface area contributed by atoms with E-state index < -0.39 is 0 Å². The minimum absolute atomic E-state index is 0.0278. The summed E-state index contributed by atoms with van der Waals surface area (Å²) < 4.78 is 20.9. The van der Waals surface area contributed by atoms with E-state index in [0.717, 1.165) is 92.7 Å². The summed E-state index contributed by atoms with van der Waals surface area (Å²) in [6, 6.07) is 4.64. The number of ether oxygens (including phenoxy) is 3. The summed E-state index contributed by atoms with van der Waals surface area (Å²) in [6.07, 6.45) is 9.72. The Hall–Kier alpha value is -4.25. The van der Waals surface area contributed by atoms with Gasteiger partial charge in [-0.25, -0.2) is 4.68 Å². The molecule has 1 saturated carbocycles. The van der Waals surface area contributed by atoms with Crippen LogP contribution in [0.2, 0.25) is 0 Å². The van der Waals surface area contributed by atoms with Crippen LogP contribution in [-0.4, -0.2) is 102 Å². The second kappa shape index (κ2) is 14.1. The molecule has 2 unspecified atom stereocenters. The van der Waals surface area contributed by atoms with Crippen molar-refractivity contribution < 1.29 is 19.0 Å². The van der Waals surface area contributed by atoms with Gasteiger partial charge in [0.2, 0.25) is 5.91 Å². The zero-order chi connectivity index (χ0) is 35.1. The normalized spacial score (nSPS) is 24.6. The van der Waals surface area contributed by atoms with Gasteiger partial charge in [0.15, 0.2) is 6.23 Å². The zero-order valence-corrected chi connectivity index (χ0v) is 29.9. The summed E-state index contributed by atoms with van der Waals surface area (Å²) in [5.74, 6) is 0.698. The van der Waals surface area contributed by atoms with Gasteiger partial charge in [-0.1, -0.05) is 6.58 Å². The third-order valence-corrected chi connectivity index (χ3v) is 11.7. The van der Waals surface area contributed by atoms with Crippen molar-refractivity contribution in [2.24, 2.45) is 5.41 Å². The fourth-order valence-corrected chi connectivity index (χ4v) is 8.48. The van der Waals surface area contributed by atoms with Crippen molar-refractivity contribution in [2.45, 2.75) is 83.7 Å².